The van der Waals surface area contributed by atoms with Crippen LogP contribution in [0.5, 0.6) is 5.75 Å². The van der Waals surface area contributed by atoms with E-state index < -0.39 is 9.84 Å². The van der Waals surface area contributed by atoms with E-state index in [1.807, 2.05) is 32.9 Å². The Morgan fingerprint density at radius 3 is 2.17 bits per heavy atom. The first-order chi connectivity index (χ1) is 13.3. The van der Waals surface area contributed by atoms with Crippen molar-refractivity contribution in [2.75, 3.05) is 5.75 Å². The minimum absolute atomic E-state index is 0.0121. The van der Waals surface area contributed by atoms with Crippen molar-refractivity contribution in [3.05, 3.63) is 33.7 Å². The first kappa shape index (κ1) is 23.5. The molecule has 0 heterocycles. The van der Waals surface area contributed by atoms with Crippen LogP contribution in [-0.2, 0) is 20.7 Å². The molecule has 29 heavy (non-hydrogen) atoms. The second kappa shape index (κ2) is 8.52. The number of rotatable bonds is 4. The van der Waals surface area contributed by atoms with Crippen molar-refractivity contribution >= 4 is 15.9 Å². The average Bonchev–Trinajstić information content (AvgIpc) is 2.59. The van der Waals surface area contributed by atoms with E-state index >= 15 is 0 Å². The summed E-state index contributed by atoms with van der Waals surface area (Å²) in [6.45, 7) is 12.2. The summed E-state index contributed by atoms with van der Waals surface area (Å²) in [7, 11) is -3.69. The monoisotopic (exact) mass is 417 g/mol. The van der Waals surface area contributed by atoms with Gasteiger partial charge < -0.3 is 5.11 Å². The summed E-state index contributed by atoms with van der Waals surface area (Å²) in [4.78, 5) is -0.260. The number of hydrogen-bond donors (Lipinski definition) is 1. The number of phenols is 1. The van der Waals surface area contributed by atoms with Crippen LogP contribution < -0.4 is 0 Å². The summed E-state index contributed by atoms with van der Waals surface area (Å²) in [5, 5.41) is 20.5. The summed E-state index contributed by atoms with van der Waals surface area (Å²) in [5.74, 6) is 0.175. The number of phenolic OH excluding ortho intramolecular Hbond substituents is 1. The SMILES string of the molecule is CC(C)(C)c1cc(C=C(C#N)S(=O)(=O)CC2CCCCC2)c(O)c(C(C)(C)C)c1. The zero-order valence-corrected chi connectivity index (χ0v) is 19.5. The predicted octanol–water partition coefficient (Wildman–Crippen LogP) is 5.85. The van der Waals surface area contributed by atoms with Gasteiger partial charge in [0.05, 0.1) is 5.75 Å². The molecule has 0 saturated heterocycles. The molecule has 1 aromatic carbocycles. The lowest BCUT2D eigenvalue weighted by Gasteiger charge is -2.27. The van der Waals surface area contributed by atoms with Crippen LogP contribution in [0.1, 0.15) is 90.3 Å². The number of sulfone groups is 1. The molecule has 160 valence electrons. The van der Waals surface area contributed by atoms with Crippen molar-refractivity contribution in [1.82, 2.24) is 0 Å². The normalized spacial score (nSPS) is 17.2. The second-order valence-corrected chi connectivity index (χ2v) is 12.4. The molecule has 0 bridgehead atoms. The van der Waals surface area contributed by atoms with E-state index in [1.165, 1.54) is 6.08 Å². The largest absolute Gasteiger partial charge is 0.507 e. The highest BCUT2D eigenvalue weighted by Crippen LogP contribution is 2.39. The Hall–Kier alpha value is -1.80. The minimum Gasteiger partial charge on any atom is -0.507 e. The summed E-state index contributed by atoms with van der Waals surface area (Å²) in [6.07, 6.45) is 6.41. The summed E-state index contributed by atoms with van der Waals surface area (Å²) >= 11 is 0. The summed E-state index contributed by atoms with van der Waals surface area (Å²) in [5.41, 5.74) is 1.64. The van der Waals surface area contributed by atoms with Crippen molar-refractivity contribution in [3.8, 4) is 11.8 Å². The minimum atomic E-state index is -3.69. The highest BCUT2D eigenvalue weighted by Gasteiger charge is 2.28. The third-order valence-electron chi connectivity index (χ3n) is 5.73. The number of nitrogens with zero attached hydrogens (tertiary/aromatic N) is 1. The molecule has 0 unspecified atom stereocenters. The molecule has 5 heteroatoms. The topological polar surface area (TPSA) is 78.2 Å². The van der Waals surface area contributed by atoms with E-state index in [0.29, 0.717) is 5.56 Å². The molecule has 1 saturated carbocycles. The number of hydrogen-bond acceptors (Lipinski definition) is 4. The van der Waals surface area contributed by atoms with Crippen LogP contribution in [0.25, 0.3) is 6.08 Å². The quantitative estimate of drug-likeness (QED) is 0.624. The Bertz CT molecular complexity index is 917. The average molecular weight is 418 g/mol. The molecule has 0 aliphatic heterocycles. The maximum Gasteiger partial charge on any atom is 0.188 e. The van der Waals surface area contributed by atoms with E-state index in [4.69, 9.17) is 0 Å². The lowest BCUT2D eigenvalue weighted by molar-refractivity contribution is 0.385. The number of nitriles is 1. The molecule has 0 aromatic heterocycles. The van der Waals surface area contributed by atoms with Gasteiger partial charge in [-0.1, -0.05) is 66.9 Å². The molecule has 1 fully saturated rings. The van der Waals surface area contributed by atoms with Gasteiger partial charge in [0.15, 0.2) is 9.84 Å². The van der Waals surface area contributed by atoms with Crippen molar-refractivity contribution in [2.45, 2.75) is 84.5 Å². The van der Waals surface area contributed by atoms with Crippen molar-refractivity contribution in [3.63, 3.8) is 0 Å². The predicted molar refractivity (Wildman–Crippen MR) is 119 cm³/mol. The third-order valence-corrected chi connectivity index (χ3v) is 7.51. The standard InChI is InChI=1S/C24H35NO3S/c1-23(2,3)19-12-18(22(26)21(14-19)24(4,5)6)13-20(15-25)29(27,28)16-17-10-8-7-9-11-17/h12-14,17,26H,7-11,16H2,1-6H3. The van der Waals surface area contributed by atoms with Crippen LogP contribution in [0.4, 0.5) is 0 Å². The number of aromatic hydroxyl groups is 1. The Labute approximate surface area is 176 Å². The number of allylic oxidation sites excluding steroid dienone is 1. The highest BCUT2D eigenvalue weighted by atomic mass is 32.2. The first-order valence-corrected chi connectivity index (χ1v) is 12.1. The Balaban J connectivity index is 2.55. The highest BCUT2D eigenvalue weighted by molar-refractivity contribution is 7.95. The molecule has 0 radical (unpaired) electrons. The zero-order chi connectivity index (χ0) is 22.0. The van der Waals surface area contributed by atoms with Crippen LogP contribution in [-0.4, -0.2) is 19.3 Å². The van der Waals surface area contributed by atoms with Gasteiger partial charge in [-0.3, -0.25) is 0 Å². The Morgan fingerprint density at radius 1 is 1.10 bits per heavy atom. The van der Waals surface area contributed by atoms with Gasteiger partial charge in [0.1, 0.15) is 16.7 Å². The summed E-state index contributed by atoms with van der Waals surface area (Å²) in [6, 6.07) is 5.67. The lowest BCUT2D eigenvalue weighted by atomic mass is 9.79. The fourth-order valence-corrected chi connectivity index (χ4v) is 5.44. The number of benzene rings is 1. The lowest BCUT2D eigenvalue weighted by Crippen LogP contribution is -2.20. The maximum absolute atomic E-state index is 12.9. The molecule has 0 spiro atoms. The molecule has 1 aliphatic rings. The van der Waals surface area contributed by atoms with Crippen LogP contribution in [0.15, 0.2) is 17.0 Å². The van der Waals surface area contributed by atoms with Crippen molar-refractivity contribution < 1.29 is 13.5 Å². The van der Waals surface area contributed by atoms with E-state index in [0.717, 1.165) is 43.2 Å². The van der Waals surface area contributed by atoms with Gasteiger partial charge in [-0.2, -0.15) is 5.26 Å². The van der Waals surface area contributed by atoms with Crippen LogP contribution in [0.2, 0.25) is 0 Å². The molecular weight excluding hydrogens is 382 g/mol. The van der Waals surface area contributed by atoms with Gasteiger partial charge in [0.25, 0.3) is 0 Å². The van der Waals surface area contributed by atoms with Gasteiger partial charge >= 0.3 is 0 Å². The smallest absolute Gasteiger partial charge is 0.188 e. The van der Waals surface area contributed by atoms with Crippen molar-refractivity contribution in [2.24, 2.45) is 5.92 Å². The molecule has 1 aromatic rings. The molecule has 4 nitrogen and oxygen atoms in total. The first-order valence-electron chi connectivity index (χ1n) is 10.5. The van der Waals surface area contributed by atoms with Crippen molar-refractivity contribution in [1.29, 1.82) is 5.26 Å². The van der Waals surface area contributed by atoms with Crippen LogP contribution in [0, 0.1) is 17.2 Å². The molecular formula is C24H35NO3S. The molecule has 0 atom stereocenters. The molecule has 2 rings (SSSR count). The van der Waals surface area contributed by atoms with Gasteiger partial charge in [0, 0.05) is 11.1 Å². The fourth-order valence-electron chi connectivity index (χ4n) is 3.86. The fraction of sp³-hybridized carbons (Fsp3) is 0.625. The maximum atomic E-state index is 12.9. The van der Waals surface area contributed by atoms with E-state index in [9.17, 15) is 18.8 Å². The van der Waals surface area contributed by atoms with Gasteiger partial charge in [0.2, 0.25) is 0 Å². The zero-order valence-electron chi connectivity index (χ0n) is 18.7. The van der Waals surface area contributed by atoms with Gasteiger partial charge in [-0.15, -0.1) is 0 Å². The van der Waals surface area contributed by atoms with E-state index in [1.54, 1.807) is 6.07 Å². The molecule has 1 aliphatic carbocycles. The van der Waals surface area contributed by atoms with Crippen LogP contribution >= 0.6 is 0 Å². The van der Waals surface area contributed by atoms with E-state index in [2.05, 4.69) is 20.8 Å². The Morgan fingerprint density at radius 2 is 1.69 bits per heavy atom. The second-order valence-electron chi connectivity index (χ2n) is 10.4. The summed E-state index contributed by atoms with van der Waals surface area (Å²) < 4.78 is 25.9. The molecule has 1 N–H and O–H groups in total. The van der Waals surface area contributed by atoms with E-state index in [-0.39, 0.29) is 33.2 Å². The van der Waals surface area contributed by atoms with Gasteiger partial charge in [-0.05, 0) is 47.3 Å². The Kier molecular flexibility index (Phi) is 6.89. The van der Waals surface area contributed by atoms with Gasteiger partial charge in [-0.25, -0.2) is 8.42 Å². The third kappa shape index (κ3) is 5.85. The molecule has 0 amide bonds. The van der Waals surface area contributed by atoms with Crippen LogP contribution in [0.3, 0.4) is 0 Å².